The molecule has 0 bridgehead atoms. The number of hydrogen-bond donors (Lipinski definition) is 0. The number of benzene rings is 2. The molecule has 2 aliphatic rings. The monoisotopic (exact) mass is 485 g/mol. The topological polar surface area (TPSA) is 116 Å². The Balaban J connectivity index is 1.75. The number of methoxy groups -OCH3 is 1. The van der Waals surface area contributed by atoms with Gasteiger partial charge in [0.15, 0.2) is 27.4 Å². The van der Waals surface area contributed by atoms with E-state index >= 15 is 0 Å². The first-order valence-corrected chi connectivity index (χ1v) is 12.2. The van der Waals surface area contributed by atoms with Gasteiger partial charge >= 0.3 is 11.9 Å². The first kappa shape index (κ1) is 23.7. The number of hydrogen-bond acceptors (Lipinski definition) is 8. The molecule has 4 rings (SSSR count). The number of nitrogens with zero attached hydrogens (tertiary/aromatic N) is 1. The molecular weight excluding hydrogens is 462 g/mol. The van der Waals surface area contributed by atoms with E-state index in [1.165, 1.54) is 7.11 Å². The van der Waals surface area contributed by atoms with E-state index in [2.05, 4.69) is 0 Å². The number of amides is 1. The molecule has 1 unspecified atom stereocenters. The van der Waals surface area contributed by atoms with E-state index in [-0.39, 0.29) is 11.3 Å². The highest BCUT2D eigenvalue weighted by Crippen LogP contribution is 2.39. The summed E-state index contributed by atoms with van der Waals surface area (Å²) in [5, 5.41) is -1.35. The van der Waals surface area contributed by atoms with Gasteiger partial charge in [-0.05, 0) is 11.1 Å². The third kappa shape index (κ3) is 4.34. The average Bonchev–Trinajstić information content (AvgIpc) is 2.82. The van der Waals surface area contributed by atoms with E-state index in [0.717, 1.165) is 11.8 Å². The number of fused-ring (bicyclic) bond motifs is 1. The minimum Gasteiger partial charge on any atom is -0.461 e. The molecule has 1 fully saturated rings. The van der Waals surface area contributed by atoms with Crippen molar-refractivity contribution in [3.63, 3.8) is 0 Å². The second-order valence-corrected chi connectivity index (χ2v) is 10.00. The lowest BCUT2D eigenvalue weighted by atomic mass is 10.0. The number of rotatable bonds is 7. The summed E-state index contributed by atoms with van der Waals surface area (Å²) in [5.41, 5.74) is 1.11. The van der Waals surface area contributed by atoms with Crippen LogP contribution < -0.4 is 0 Å². The number of carbonyl (C=O) groups is 3. The van der Waals surface area contributed by atoms with Crippen LogP contribution in [0.5, 0.6) is 0 Å². The number of β-lactam (4-membered cyclic amide) rings is 1. The lowest BCUT2D eigenvalue weighted by Crippen LogP contribution is -2.70. The molecule has 0 radical (unpaired) electrons. The van der Waals surface area contributed by atoms with Crippen LogP contribution >= 0.6 is 0 Å². The number of sulfone groups is 1. The number of ether oxygens (including phenoxy) is 3. The smallest absolute Gasteiger partial charge is 0.356 e. The molecule has 10 heteroatoms. The lowest BCUT2D eigenvalue weighted by molar-refractivity contribution is -0.165. The fourth-order valence-electron chi connectivity index (χ4n) is 4.10. The molecule has 0 N–H and O–H groups in total. The van der Waals surface area contributed by atoms with Crippen molar-refractivity contribution in [1.82, 2.24) is 4.90 Å². The summed E-state index contributed by atoms with van der Waals surface area (Å²) in [6.07, 6.45) is -2.04. The summed E-state index contributed by atoms with van der Waals surface area (Å²) in [4.78, 5) is 38.5. The summed E-state index contributed by atoms with van der Waals surface area (Å²) in [6.45, 7) is 0.698. The van der Waals surface area contributed by atoms with Gasteiger partial charge in [0, 0.05) is 19.6 Å². The van der Waals surface area contributed by atoms with Gasteiger partial charge in [-0.3, -0.25) is 14.5 Å². The van der Waals surface area contributed by atoms with Crippen LogP contribution in [-0.4, -0.2) is 62.1 Å². The molecule has 0 spiro atoms. The third-order valence-electron chi connectivity index (χ3n) is 5.64. The predicted octanol–water partition coefficient (Wildman–Crippen LogP) is 1.75. The summed E-state index contributed by atoms with van der Waals surface area (Å²) < 4.78 is 41.6. The van der Waals surface area contributed by atoms with E-state index in [4.69, 9.17) is 14.2 Å². The van der Waals surface area contributed by atoms with E-state index < -0.39 is 57.6 Å². The fourth-order valence-corrected chi connectivity index (χ4v) is 6.11. The van der Waals surface area contributed by atoms with Crippen LogP contribution in [0.15, 0.2) is 71.9 Å². The Kier molecular flexibility index (Phi) is 6.54. The minimum absolute atomic E-state index is 0.0285. The number of esters is 2. The van der Waals surface area contributed by atoms with E-state index in [1.807, 2.05) is 12.1 Å². The zero-order valence-electron chi connectivity index (χ0n) is 18.5. The highest BCUT2D eigenvalue weighted by atomic mass is 32.2. The summed E-state index contributed by atoms with van der Waals surface area (Å²) in [6, 6.07) is 18.0. The largest absolute Gasteiger partial charge is 0.461 e. The van der Waals surface area contributed by atoms with E-state index in [1.54, 1.807) is 48.5 Å². The molecule has 2 aliphatic heterocycles. The number of carbonyl (C=O) groups excluding carboxylic acids is 3. The molecule has 1 amide bonds. The molecule has 2 atom stereocenters. The zero-order chi connectivity index (χ0) is 24.5. The summed E-state index contributed by atoms with van der Waals surface area (Å²) in [5.74, 6) is -2.81. The molecule has 0 aromatic heterocycles. The Morgan fingerprint density at radius 3 is 2.09 bits per heavy atom. The Hall–Kier alpha value is -3.50. The maximum absolute atomic E-state index is 13.5. The molecule has 9 nitrogen and oxygen atoms in total. The van der Waals surface area contributed by atoms with Gasteiger partial charge in [-0.25, -0.2) is 13.2 Å². The van der Waals surface area contributed by atoms with Crippen LogP contribution in [0.4, 0.5) is 0 Å². The van der Waals surface area contributed by atoms with Crippen molar-refractivity contribution in [3.8, 4) is 0 Å². The van der Waals surface area contributed by atoms with E-state index in [0.29, 0.717) is 11.1 Å². The van der Waals surface area contributed by atoms with Crippen LogP contribution in [0.1, 0.15) is 24.2 Å². The summed E-state index contributed by atoms with van der Waals surface area (Å²) in [7, 11) is -2.66. The molecule has 0 aliphatic carbocycles. The third-order valence-corrected chi connectivity index (χ3v) is 7.58. The first-order valence-electron chi connectivity index (χ1n) is 10.5. The maximum atomic E-state index is 13.5. The average molecular weight is 486 g/mol. The standard InChI is InChI=1S/C24H23NO8S/c1-15(26)32-13-18-14-34(29,30)23-21(31-2)22(27)25(23)19(18)24(28)33-20(16-9-5-3-6-10-16)17-11-7-4-8-12-17/h3-12,20-21,23H,13-14H2,1-2H3/t21-,23?/m0/s1. The molecule has 2 aromatic carbocycles. The van der Waals surface area contributed by atoms with Gasteiger partial charge in [-0.2, -0.15) is 0 Å². The highest BCUT2D eigenvalue weighted by molar-refractivity contribution is 7.92. The zero-order valence-corrected chi connectivity index (χ0v) is 19.4. The molecule has 34 heavy (non-hydrogen) atoms. The fraction of sp³-hybridized carbons (Fsp3) is 0.292. The van der Waals surface area contributed by atoms with Gasteiger partial charge in [0.05, 0.1) is 5.75 Å². The molecular formula is C24H23NO8S. The maximum Gasteiger partial charge on any atom is 0.356 e. The highest BCUT2D eigenvalue weighted by Gasteiger charge is 2.60. The van der Waals surface area contributed by atoms with Crippen molar-refractivity contribution in [1.29, 1.82) is 0 Å². The van der Waals surface area contributed by atoms with Gasteiger partial charge in [-0.1, -0.05) is 60.7 Å². The molecule has 0 saturated carbocycles. The summed E-state index contributed by atoms with van der Waals surface area (Å²) >= 11 is 0. The van der Waals surface area contributed by atoms with Crippen molar-refractivity contribution in [2.24, 2.45) is 0 Å². The Morgan fingerprint density at radius 1 is 1.03 bits per heavy atom. The predicted molar refractivity (Wildman–Crippen MR) is 120 cm³/mol. The van der Waals surface area contributed by atoms with Crippen molar-refractivity contribution in [3.05, 3.63) is 83.1 Å². The Morgan fingerprint density at radius 2 is 1.59 bits per heavy atom. The Bertz CT molecular complexity index is 1200. The van der Waals surface area contributed by atoms with Crippen LogP contribution in [0, 0.1) is 0 Å². The second-order valence-electron chi connectivity index (χ2n) is 7.90. The van der Waals surface area contributed by atoms with Gasteiger partial charge in [-0.15, -0.1) is 0 Å². The van der Waals surface area contributed by atoms with Crippen LogP contribution in [-0.2, 0) is 38.4 Å². The van der Waals surface area contributed by atoms with Crippen molar-refractivity contribution in [2.75, 3.05) is 19.5 Å². The molecule has 2 aromatic rings. The van der Waals surface area contributed by atoms with Gasteiger partial charge in [0.2, 0.25) is 0 Å². The van der Waals surface area contributed by atoms with Gasteiger partial charge < -0.3 is 14.2 Å². The normalized spacial score (nSPS) is 21.0. The lowest BCUT2D eigenvalue weighted by Gasteiger charge is -2.48. The quantitative estimate of drug-likeness (QED) is 0.430. The molecule has 2 heterocycles. The van der Waals surface area contributed by atoms with Crippen LogP contribution in [0.2, 0.25) is 0 Å². The van der Waals surface area contributed by atoms with Crippen LogP contribution in [0.25, 0.3) is 0 Å². The first-order chi connectivity index (χ1) is 16.2. The van der Waals surface area contributed by atoms with Crippen molar-refractivity contribution < 1.29 is 37.0 Å². The van der Waals surface area contributed by atoms with Crippen molar-refractivity contribution >= 4 is 27.7 Å². The minimum atomic E-state index is -3.89. The van der Waals surface area contributed by atoms with Crippen LogP contribution in [0.3, 0.4) is 0 Å². The second kappa shape index (κ2) is 9.40. The Labute approximate surface area is 196 Å². The van der Waals surface area contributed by atoms with E-state index in [9.17, 15) is 22.8 Å². The molecule has 1 saturated heterocycles. The molecule has 178 valence electrons. The van der Waals surface area contributed by atoms with Gasteiger partial charge in [0.1, 0.15) is 12.3 Å². The van der Waals surface area contributed by atoms with Gasteiger partial charge in [0.25, 0.3) is 5.91 Å². The van der Waals surface area contributed by atoms with Crippen molar-refractivity contribution in [2.45, 2.75) is 24.5 Å². The SMILES string of the molecule is CO[C@H]1C(=O)N2C(C(=O)OC(c3ccccc3)c3ccccc3)=C(COC(C)=O)CS(=O)(=O)C12.